The van der Waals surface area contributed by atoms with Crippen LogP contribution in [0.2, 0.25) is 0 Å². The predicted octanol–water partition coefficient (Wildman–Crippen LogP) is -0.238. The maximum atomic E-state index is 11.8. The van der Waals surface area contributed by atoms with E-state index in [0.717, 1.165) is 12.4 Å². The second-order valence-electron chi connectivity index (χ2n) is 3.46. The smallest absolute Gasteiger partial charge is 0.243 e. The molecular weight excluding hydrogens is 244 g/mol. The van der Waals surface area contributed by atoms with E-state index in [4.69, 9.17) is 10.5 Å². The van der Waals surface area contributed by atoms with Crippen molar-refractivity contribution >= 4 is 16.0 Å². The number of anilines is 1. The lowest BCUT2D eigenvalue weighted by atomic mass is 10.4. The normalized spacial score (nSPS) is 13.5. The Morgan fingerprint density at radius 2 is 2.06 bits per heavy atom. The highest BCUT2D eigenvalue weighted by atomic mass is 32.2. The summed E-state index contributed by atoms with van der Waals surface area (Å²) in [6.45, 7) is 4.41. The van der Waals surface area contributed by atoms with Crippen molar-refractivity contribution in [1.82, 2.24) is 14.7 Å². The maximum absolute atomic E-state index is 11.8. The average Bonchev–Trinajstić information content (AvgIpc) is 2.26. The predicted molar refractivity (Wildman–Crippen MR) is 62.7 cm³/mol. The van der Waals surface area contributed by atoms with E-state index in [-0.39, 0.29) is 16.9 Å². The van der Waals surface area contributed by atoms with Gasteiger partial charge in [0.2, 0.25) is 16.0 Å². The zero-order chi connectivity index (χ0) is 12.9. The molecule has 17 heavy (non-hydrogen) atoms. The van der Waals surface area contributed by atoms with Gasteiger partial charge >= 0.3 is 0 Å². The van der Waals surface area contributed by atoms with Crippen molar-refractivity contribution in [1.29, 1.82) is 0 Å². The molecule has 7 nitrogen and oxygen atoms in total. The number of sulfonamides is 1. The number of aromatic nitrogens is 2. The van der Waals surface area contributed by atoms with Crippen molar-refractivity contribution in [2.24, 2.45) is 0 Å². The third kappa shape index (κ3) is 4.25. The summed E-state index contributed by atoms with van der Waals surface area (Å²) < 4.78 is 31.2. The summed E-state index contributed by atoms with van der Waals surface area (Å²) in [5.74, 6) is 0.0336. The molecule has 0 saturated heterocycles. The molecular formula is C9H16N4O3S. The van der Waals surface area contributed by atoms with Crippen LogP contribution >= 0.6 is 0 Å². The first kappa shape index (κ1) is 13.8. The van der Waals surface area contributed by atoms with Gasteiger partial charge in [0.25, 0.3) is 0 Å². The van der Waals surface area contributed by atoms with Crippen molar-refractivity contribution in [3.05, 3.63) is 12.4 Å². The fourth-order valence-electron chi connectivity index (χ4n) is 1.13. The second-order valence-corrected chi connectivity index (χ2v) is 5.17. The number of nitrogen functional groups attached to an aromatic ring is 1. The van der Waals surface area contributed by atoms with Gasteiger partial charge in [-0.15, -0.1) is 0 Å². The molecule has 0 aliphatic heterocycles. The summed E-state index contributed by atoms with van der Waals surface area (Å²) in [5.41, 5.74) is 5.28. The van der Waals surface area contributed by atoms with Crippen LogP contribution in [-0.2, 0) is 14.8 Å². The molecule has 8 heteroatoms. The molecule has 1 aromatic rings. The molecule has 1 unspecified atom stereocenters. The number of hydrogen-bond acceptors (Lipinski definition) is 6. The van der Waals surface area contributed by atoms with Crippen molar-refractivity contribution in [2.45, 2.75) is 24.8 Å². The number of rotatable bonds is 6. The Morgan fingerprint density at radius 3 is 2.59 bits per heavy atom. The Morgan fingerprint density at radius 1 is 1.47 bits per heavy atom. The molecule has 0 fully saturated rings. The molecule has 0 bridgehead atoms. The van der Waals surface area contributed by atoms with E-state index in [1.165, 1.54) is 0 Å². The number of ether oxygens (including phenoxy) is 1. The lowest BCUT2D eigenvalue weighted by molar-refractivity contribution is 0.133. The number of nitrogens with zero attached hydrogens (tertiary/aromatic N) is 2. The van der Waals surface area contributed by atoms with Crippen LogP contribution in [0, 0.1) is 0 Å². The standard InChI is InChI=1S/C9H16N4O3S/c1-3-16-6-7(2)13-17(14,15)8-4-11-9(10)12-5-8/h4-5,7,13H,3,6H2,1-2H3,(H2,10,11,12). The van der Waals surface area contributed by atoms with Crippen LogP contribution in [0.4, 0.5) is 5.95 Å². The highest BCUT2D eigenvalue weighted by molar-refractivity contribution is 7.89. The highest BCUT2D eigenvalue weighted by Crippen LogP contribution is 2.06. The molecule has 1 atom stereocenters. The molecule has 0 aliphatic carbocycles. The van der Waals surface area contributed by atoms with Crippen LogP contribution < -0.4 is 10.5 Å². The molecule has 0 aliphatic rings. The number of nitrogens with one attached hydrogen (secondary N) is 1. The maximum Gasteiger partial charge on any atom is 0.243 e. The first-order chi connectivity index (χ1) is 7.95. The molecule has 1 rings (SSSR count). The quantitative estimate of drug-likeness (QED) is 0.731. The minimum Gasteiger partial charge on any atom is -0.380 e. The van der Waals surface area contributed by atoms with Crippen LogP contribution in [-0.4, -0.2) is 37.6 Å². The van der Waals surface area contributed by atoms with Crippen molar-refractivity contribution < 1.29 is 13.2 Å². The van der Waals surface area contributed by atoms with Crippen molar-refractivity contribution in [3.63, 3.8) is 0 Å². The third-order valence-corrected chi connectivity index (χ3v) is 3.43. The molecule has 1 aromatic heterocycles. The lowest BCUT2D eigenvalue weighted by Crippen LogP contribution is -2.36. The van der Waals surface area contributed by atoms with Gasteiger partial charge in [0.1, 0.15) is 4.90 Å². The zero-order valence-corrected chi connectivity index (χ0v) is 10.6. The van der Waals surface area contributed by atoms with E-state index in [1.54, 1.807) is 6.92 Å². The molecule has 0 saturated carbocycles. The zero-order valence-electron chi connectivity index (χ0n) is 9.75. The molecule has 1 heterocycles. The van der Waals surface area contributed by atoms with Crippen molar-refractivity contribution in [2.75, 3.05) is 18.9 Å². The van der Waals surface area contributed by atoms with Gasteiger partial charge in [0.05, 0.1) is 19.0 Å². The van der Waals surface area contributed by atoms with Crippen LogP contribution in [0.3, 0.4) is 0 Å². The van der Waals surface area contributed by atoms with Gasteiger partial charge in [0.15, 0.2) is 0 Å². The lowest BCUT2D eigenvalue weighted by Gasteiger charge is -2.13. The summed E-state index contributed by atoms with van der Waals surface area (Å²) in [6, 6.07) is -0.322. The van der Waals surface area contributed by atoms with Crippen LogP contribution in [0.25, 0.3) is 0 Å². The van der Waals surface area contributed by atoms with E-state index >= 15 is 0 Å². The minimum absolute atomic E-state index is 0.0185. The van der Waals surface area contributed by atoms with E-state index in [0.29, 0.717) is 13.2 Å². The molecule has 96 valence electrons. The van der Waals surface area contributed by atoms with Crippen LogP contribution in [0.15, 0.2) is 17.3 Å². The van der Waals surface area contributed by atoms with E-state index in [9.17, 15) is 8.42 Å². The Balaban J connectivity index is 2.71. The van der Waals surface area contributed by atoms with Gasteiger partial charge < -0.3 is 10.5 Å². The molecule has 0 radical (unpaired) electrons. The Labute approximate surface area is 100 Å². The third-order valence-electron chi connectivity index (χ3n) is 1.89. The molecule has 3 N–H and O–H groups in total. The monoisotopic (exact) mass is 260 g/mol. The van der Waals surface area contributed by atoms with E-state index in [2.05, 4.69) is 14.7 Å². The summed E-state index contributed by atoms with van der Waals surface area (Å²) >= 11 is 0. The number of hydrogen-bond donors (Lipinski definition) is 2. The molecule has 0 spiro atoms. The second kappa shape index (κ2) is 5.89. The fourth-order valence-corrected chi connectivity index (χ4v) is 2.24. The van der Waals surface area contributed by atoms with Crippen LogP contribution in [0.1, 0.15) is 13.8 Å². The number of nitrogens with two attached hydrogens (primary N) is 1. The first-order valence-corrected chi connectivity index (χ1v) is 6.61. The Kier molecular flexibility index (Phi) is 4.79. The average molecular weight is 260 g/mol. The molecule has 0 amide bonds. The Bertz CT molecular complexity index is 446. The summed E-state index contributed by atoms with van der Waals surface area (Å²) in [7, 11) is -3.62. The van der Waals surface area contributed by atoms with Crippen molar-refractivity contribution in [3.8, 4) is 0 Å². The van der Waals surface area contributed by atoms with Gasteiger partial charge in [-0.3, -0.25) is 0 Å². The largest absolute Gasteiger partial charge is 0.380 e. The topological polar surface area (TPSA) is 107 Å². The first-order valence-electron chi connectivity index (χ1n) is 5.13. The fraction of sp³-hybridized carbons (Fsp3) is 0.556. The highest BCUT2D eigenvalue weighted by Gasteiger charge is 2.18. The molecule has 0 aromatic carbocycles. The Hall–Kier alpha value is -1.25. The minimum atomic E-state index is -3.62. The summed E-state index contributed by atoms with van der Waals surface area (Å²) in [4.78, 5) is 7.24. The van der Waals surface area contributed by atoms with Gasteiger partial charge in [-0.2, -0.15) is 0 Å². The van der Waals surface area contributed by atoms with Crippen LogP contribution in [0.5, 0.6) is 0 Å². The summed E-state index contributed by atoms with van der Waals surface area (Å²) in [5, 5.41) is 0. The van der Waals surface area contributed by atoms with Gasteiger partial charge in [-0.05, 0) is 13.8 Å². The van der Waals surface area contributed by atoms with E-state index in [1.807, 2.05) is 6.92 Å². The van der Waals surface area contributed by atoms with Gasteiger partial charge in [-0.1, -0.05) is 0 Å². The summed E-state index contributed by atoms with van der Waals surface area (Å²) in [6.07, 6.45) is 2.33. The SMILES string of the molecule is CCOCC(C)NS(=O)(=O)c1cnc(N)nc1. The van der Waals surface area contributed by atoms with Gasteiger partial charge in [0, 0.05) is 12.6 Å². The van der Waals surface area contributed by atoms with Gasteiger partial charge in [-0.25, -0.2) is 23.1 Å². The van der Waals surface area contributed by atoms with E-state index < -0.39 is 10.0 Å².